The lowest BCUT2D eigenvalue weighted by molar-refractivity contribution is -0.385. The summed E-state index contributed by atoms with van der Waals surface area (Å²) in [5.74, 6) is -1.00. The number of hydrogen-bond acceptors (Lipinski definition) is 7. The molecule has 0 saturated carbocycles. The second-order valence-electron chi connectivity index (χ2n) is 6.34. The SMILES string of the molecule is Cc1ccccc1S(=O)(=O)NC(=O)N(Cc1ccccc1[N+](=O)[O-])C(C)C(=O)NO. The molecule has 0 saturated heterocycles. The van der Waals surface area contributed by atoms with Gasteiger partial charge in [0.15, 0.2) is 0 Å². The van der Waals surface area contributed by atoms with Crippen molar-refractivity contribution < 1.29 is 28.1 Å². The van der Waals surface area contributed by atoms with E-state index >= 15 is 0 Å². The number of hydroxylamine groups is 1. The van der Waals surface area contributed by atoms with Gasteiger partial charge in [-0.1, -0.05) is 36.4 Å². The van der Waals surface area contributed by atoms with Gasteiger partial charge >= 0.3 is 6.03 Å². The Balaban J connectivity index is 2.40. The van der Waals surface area contributed by atoms with E-state index in [1.807, 2.05) is 4.72 Å². The number of urea groups is 1. The summed E-state index contributed by atoms with van der Waals surface area (Å²) in [5, 5.41) is 20.2. The second kappa shape index (κ2) is 9.33. The van der Waals surface area contributed by atoms with E-state index in [-0.39, 0.29) is 16.1 Å². The number of nitrogens with one attached hydrogen (secondary N) is 2. The van der Waals surface area contributed by atoms with Crippen LogP contribution in [0.4, 0.5) is 10.5 Å². The van der Waals surface area contributed by atoms with Gasteiger partial charge < -0.3 is 4.90 Å². The molecule has 0 fully saturated rings. The van der Waals surface area contributed by atoms with Crippen LogP contribution in [0.5, 0.6) is 0 Å². The van der Waals surface area contributed by atoms with Gasteiger partial charge in [0.2, 0.25) is 0 Å². The minimum atomic E-state index is -4.29. The highest BCUT2D eigenvalue weighted by Crippen LogP contribution is 2.21. The Bertz CT molecular complexity index is 1070. The zero-order valence-corrected chi connectivity index (χ0v) is 16.9. The molecule has 3 amide bonds. The molecule has 11 nitrogen and oxygen atoms in total. The van der Waals surface area contributed by atoms with Crippen LogP contribution in [-0.2, 0) is 21.4 Å². The molecule has 0 bridgehead atoms. The summed E-state index contributed by atoms with van der Waals surface area (Å²) in [6.07, 6.45) is 0. The number of rotatable bonds is 7. The highest BCUT2D eigenvalue weighted by Gasteiger charge is 2.31. The monoisotopic (exact) mass is 436 g/mol. The summed E-state index contributed by atoms with van der Waals surface area (Å²) in [4.78, 5) is 35.9. The molecule has 0 spiro atoms. The lowest BCUT2D eigenvalue weighted by Crippen LogP contribution is -2.51. The molecule has 1 atom stereocenters. The van der Waals surface area contributed by atoms with Gasteiger partial charge in [-0.25, -0.2) is 23.4 Å². The predicted molar refractivity (Wildman–Crippen MR) is 105 cm³/mol. The molecule has 3 N–H and O–H groups in total. The fraction of sp³-hybridized carbons (Fsp3) is 0.222. The number of amides is 3. The molecule has 2 aromatic carbocycles. The number of nitrogens with zero attached hydrogens (tertiary/aromatic N) is 2. The number of carbonyl (C=O) groups is 2. The maximum absolute atomic E-state index is 12.8. The van der Waals surface area contributed by atoms with Gasteiger partial charge in [-0.3, -0.25) is 20.1 Å². The molecule has 0 aliphatic heterocycles. The molecule has 1 unspecified atom stereocenters. The van der Waals surface area contributed by atoms with Gasteiger partial charge in [0.05, 0.1) is 16.4 Å². The van der Waals surface area contributed by atoms with Crippen LogP contribution in [0.2, 0.25) is 0 Å². The van der Waals surface area contributed by atoms with Gasteiger partial charge in [-0.2, -0.15) is 0 Å². The van der Waals surface area contributed by atoms with E-state index in [0.717, 1.165) is 4.90 Å². The van der Waals surface area contributed by atoms with E-state index in [1.165, 1.54) is 48.8 Å². The number of para-hydroxylation sites is 1. The molecule has 0 heterocycles. The quantitative estimate of drug-likeness (QED) is 0.338. The standard InChI is InChI=1S/C18H20N4O7S/c1-12-7-3-6-10-16(12)30(28,29)20-18(24)21(13(2)17(23)19-25)11-14-8-4-5-9-15(14)22(26)27/h3-10,13,25H,11H2,1-2H3,(H,19,23)(H,20,24). The fourth-order valence-corrected chi connectivity index (χ4v) is 3.92. The number of benzene rings is 2. The number of nitro benzene ring substituents is 1. The Hall–Kier alpha value is -3.51. The van der Waals surface area contributed by atoms with Crippen LogP contribution in [0, 0.1) is 17.0 Å². The molecular formula is C18H20N4O7S. The van der Waals surface area contributed by atoms with Crippen molar-refractivity contribution in [1.82, 2.24) is 15.1 Å². The van der Waals surface area contributed by atoms with E-state index in [4.69, 9.17) is 5.21 Å². The van der Waals surface area contributed by atoms with Crippen LogP contribution in [-0.4, -0.2) is 41.4 Å². The van der Waals surface area contributed by atoms with E-state index < -0.39 is 39.5 Å². The van der Waals surface area contributed by atoms with Gasteiger partial charge in [0.1, 0.15) is 6.04 Å². The summed E-state index contributed by atoms with van der Waals surface area (Å²) >= 11 is 0. The molecule has 160 valence electrons. The van der Waals surface area contributed by atoms with Crippen LogP contribution in [0.3, 0.4) is 0 Å². The predicted octanol–water partition coefficient (Wildman–Crippen LogP) is 1.70. The van der Waals surface area contributed by atoms with E-state index in [1.54, 1.807) is 19.1 Å². The van der Waals surface area contributed by atoms with Crippen molar-refractivity contribution in [2.24, 2.45) is 0 Å². The second-order valence-corrected chi connectivity index (χ2v) is 7.99. The lowest BCUT2D eigenvalue weighted by atomic mass is 10.1. The average Bonchev–Trinajstić information content (AvgIpc) is 2.70. The number of sulfonamides is 1. The third kappa shape index (κ3) is 5.10. The van der Waals surface area contributed by atoms with Crippen molar-refractivity contribution in [2.45, 2.75) is 31.3 Å². The largest absolute Gasteiger partial charge is 0.332 e. The van der Waals surface area contributed by atoms with Gasteiger partial charge in [-0.15, -0.1) is 0 Å². The topological polar surface area (TPSA) is 159 Å². The molecule has 12 heteroatoms. The first-order chi connectivity index (χ1) is 14.1. The number of carbonyl (C=O) groups excluding carboxylic acids is 2. The highest BCUT2D eigenvalue weighted by molar-refractivity contribution is 7.90. The highest BCUT2D eigenvalue weighted by atomic mass is 32.2. The smallest absolute Gasteiger partial charge is 0.308 e. The Morgan fingerprint density at radius 3 is 2.37 bits per heavy atom. The van der Waals surface area contributed by atoms with Crippen molar-refractivity contribution in [3.05, 3.63) is 69.8 Å². The van der Waals surface area contributed by atoms with Crippen molar-refractivity contribution in [3.8, 4) is 0 Å². The molecule has 30 heavy (non-hydrogen) atoms. The van der Waals surface area contributed by atoms with Crippen LogP contribution in [0.15, 0.2) is 53.4 Å². The van der Waals surface area contributed by atoms with Crippen LogP contribution < -0.4 is 10.2 Å². The van der Waals surface area contributed by atoms with Gasteiger partial charge in [0.25, 0.3) is 21.6 Å². The molecule has 0 radical (unpaired) electrons. The molecule has 0 aliphatic rings. The summed E-state index contributed by atoms with van der Waals surface area (Å²) < 4.78 is 27.2. The maximum atomic E-state index is 12.8. The first-order valence-corrected chi connectivity index (χ1v) is 10.1. The van der Waals surface area contributed by atoms with Crippen LogP contribution in [0.25, 0.3) is 0 Å². The Kier molecular flexibility index (Phi) is 7.08. The minimum Gasteiger partial charge on any atom is -0.308 e. The summed E-state index contributed by atoms with van der Waals surface area (Å²) in [7, 11) is -4.29. The first kappa shape index (κ1) is 22.8. The van der Waals surface area contributed by atoms with E-state index in [9.17, 15) is 28.1 Å². The fourth-order valence-electron chi connectivity index (χ4n) is 2.71. The molecule has 0 aliphatic carbocycles. The summed E-state index contributed by atoms with van der Waals surface area (Å²) in [6, 6.07) is 8.95. The van der Waals surface area contributed by atoms with Crippen molar-refractivity contribution in [2.75, 3.05) is 0 Å². The Morgan fingerprint density at radius 1 is 1.17 bits per heavy atom. The number of hydrogen-bond donors (Lipinski definition) is 3. The van der Waals surface area contributed by atoms with Crippen molar-refractivity contribution in [1.29, 1.82) is 0 Å². The minimum absolute atomic E-state index is 0.0727. The Morgan fingerprint density at radius 2 is 1.77 bits per heavy atom. The molecule has 0 aromatic heterocycles. The normalized spacial score (nSPS) is 12.0. The molecular weight excluding hydrogens is 416 g/mol. The average molecular weight is 436 g/mol. The van der Waals surface area contributed by atoms with Crippen LogP contribution in [0.1, 0.15) is 18.1 Å². The zero-order chi connectivity index (χ0) is 22.5. The lowest BCUT2D eigenvalue weighted by Gasteiger charge is -2.27. The van der Waals surface area contributed by atoms with E-state index in [2.05, 4.69) is 0 Å². The van der Waals surface area contributed by atoms with Crippen molar-refractivity contribution >= 4 is 27.6 Å². The molecule has 2 rings (SSSR count). The van der Waals surface area contributed by atoms with Crippen molar-refractivity contribution in [3.63, 3.8) is 0 Å². The van der Waals surface area contributed by atoms with Gasteiger partial charge in [-0.05, 0) is 25.5 Å². The van der Waals surface area contributed by atoms with Crippen LogP contribution >= 0.6 is 0 Å². The van der Waals surface area contributed by atoms with Gasteiger partial charge in [0, 0.05) is 11.6 Å². The Labute approximate surface area is 172 Å². The number of nitro groups is 1. The summed E-state index contributed by atoms with van der Waals surface area (Å²) in [5.41, 5.74) is 1.54. The molecule has 2 aromatic rings. The third-order valence-electron chi connectivity index (χ3n) is 4.35. The maximum Gasteiger partial charge on any atom is 0.332 e. The first-order valence-electron chi connectivity index (χ1n) is 8.63. The third-order valence-corrected chi connectivity index (χ3v) is 5.83. The van der Waals surface area contributed by atoms with E-state index in [0.29, 0.717) is 5.56 Å². The summed E-state index contributed by atoms with van der Waals surface area (Å²) in [6.45, 7) is 2.33. The number of aryl methyl sites for hydroxylation is 1. The zero-order valence-electron chi connectivity index (χ0n) is 16.1.